The van der Waals surface area contributed by atoms with Crippen LogP contribution in [0.15, 0.2) is 72.8 Å². The van der Waals surface area contributed by atoms with Crippen LogP contribution < -0.4 is 0 Å². The zero-order valence-corrected chi connectivity index (χ0v) is 27.1. The molecule has 2 unspecified atom stereocenters. The Morgan fingerprint density at radius 2 is 1.31 bits per heavy atom. The number of rotatable bonds is 7. The number of piperidine rings is 1. The number of piperazine rings is 1. The fourth-order valence-corrected chi connectivity index (χ4v) is 7.44. The zero-order chi connectivity index (χ0) is 34.8. The lowest BCUT2D eigenvalue weighted by Gasteiger charge is -2.46. The van der Waals surface area contributed by atoms with Gasteiger partial charge in [0.15, 0.2) is 0 Å². The zero-order valence-electron chi connectivity index (χ0n) is 27.1. The molecule has 2 atom stereocenters. The summed E-state index contributed by atoms with van der Waals surface area (Å²) in [7, 11) is 0. The van der Waals surface area contributed by atoms with Gasteiger partial charge in [0.05, 0.1) is 11.1 Å². The third-order valence-corrected chi connectivity index (χ3v) is 10.1. The highest BCUT2D eigenvalue weighted by molar-refractivity contribution is 5.96. The normalized spacial score (nSPS) is 21.3. The van der Waals surface area contributed by atoms with Crippen LogP contribution in [0.1, 0.15) is 68.7 Å². The average molecular weight is 687 g/mol. The lowest BCUT2D eigenvalue weighted by molar-refractivity contribution is -0.143. The second-order valence-electron chi connectivity index (χ2n) is 13.3. The lowest BCUT2D eigenvalue weighted by Crippen LogP contribution is -2.56. The SMILES string of the molecule is O=C(c1ccccc1CN1CCN(C2CCN(C(=O)c3cc(C(F)(F)F)cc(C(F)(F)F)c3)C(Cc3ccccc3)C2)CC1)N1CCCC1. The number of hydrogen-bond donors (Lipinski definition) is 0. The van der Waals surface area contributed by atoms with E-state index >= 15 is 0 Å². The van der Waals surface area contributed by atoms with Gasteiger partial charge in [0.1, 0.15) is 0 Å². The van der Waals surface area contributed by atoms with Crippen molar-refractivity contribution < 1.29 is 35.9 Å². The van der Waals surface area contributed by atoms with E-state index in [2.05, 4.69) is 9.80 Å². The van der Waals surface area contributed by atoms with Crippen molar-refractivity contribution in [3.8, 4) is 0 Å². The Morgan fingerprint density at radius 1 is 0.694 bits per heavy atom. The predicted molar refractivity (Wildman–Crippen MR) is 173 cm³/mol. The smallest absolute Gasteiger partial charge is 0.339 e. The number of hydrogen-bond acceptors (Lipinski definition) is 4. The van der Waals surface area contributed by atoms with Gasteiger partial charge in [0, 0.05) is 75.6 Å². The second-order valence-corrected chi connectivity index (χ2v) is 13.3. The van der Waals surface area contributed by atoms with Crippen LogP contribution in [-0.2, 0) is 25.3 Å². The minimum atomic E-state index is -5.04. The first-order valence-electron chi connectivity index (χ1n) is 16.8. The first-order chi connectivity index (χ1) is 23.4. The van der Waals surface area contributed by atoms with Gasteiger partial charge in [-0.1, -0.05) is 48.5 Å². The van der Waals surface area contributed by atoms with Crippen molar-refractivity contribution in [2.75, 3.05) is 45.8 Å². The number of likely N-dealkylation sites (tertiary alicyclic amines) is 2. The van der Waals surface area contributed by atoms with E-state index in [1.165, 1.54) is 4.90 Å². The molecule has 6 rings (SSSR count). The molecule has 0 aromatic heterocycles. The van der Waals surface area contributed by atoms with E-state index in [4.69, 9.17) is 0 Å². The molecular weight excluding hydrogens is 646 g/mol. The van der Waals surface area contributed by atoms with Crippen LogP contribution in [0.3, 0.4) is 0 Å². The summed E-state index contributed by atoms with van der Waals surface area (Å²) in [5, 5.41) is 0. The van der Waals surface area contributed by atoms with Crippen LogP contribution in [0.2, 0.25) is 0 Å². The molecule has 0 N–H and O–H groups in total. The van der Waals surface area contributed by atoms with Gasteiger partial charge < -0.3 is 9.80 Å². The van der Waals surface area contributed by atoms with Crippen LogP contribution in [-0.4, -0.2) is 89.3 Å². The Morgan fingerprint density at radius 3 is 1.94 bits per heavy atom. The first kappa shape index (κ1) is 34.9. The molecule has 0 bridgehead atoms. The van der Waals surface area contributed by atoms with Gasteiger partial charge in [0.2, 0.25) is 0 Å². The Bertz CT molecular complexity index is 1580. The number of halogens is 6. The highest BCUT2D eigenvalue weighted by Gasteiger charge is 2.40. The van der Waals surface area contributed by atoms with Crippen molar-refractivity contribution in [1.82, 2.24) is 19.6 Å². The minimum absolute atomic E-state index is 0.0497. The Balaban J connectivity index is 1.15. The standard InChI is InChI=1S/C37H40F6N4O2/c38-36(39,40)29-21-28(22-30(23-29)37(41,42)43)34(48)47-15-12-31(24-32(47)20-26-8-2-1-3-9-26)45-18-16-44(17-19-45)25-27-10-4-5-11-33(27)35(49)46-13-6-7-14-46/h1-5,8-11,21-23,31-32H,6-7,12-20,24-25H2. The highest BCUT2D eigenvalue weighted by atomic mass is 19.4. The monoisotopic (exact) mass is 686 g/mol. The molecule has 3 saturated heterocycles. The van der Waals surface area contributed by atoms with E-state index in [0.717, 1.165) is 68.8 Å². The van der Waals surface area contributed by atoms with Crippen molar-refractivity contribution >= 4 is 11.8 Å². The molecule has 0 radical (unpaired) electrons. The summed E-state index contributed by atoms with van der Waals surface area (Å²) < 4.78 is 81.7. The summed E-state index contributed by atoms with van der Waals surface area (Å²) in [6, 6.07) is 17.9. The summed E-state index contributed by atoms with van der Waals surface area (Å²) >= 11 is 0. The lowest BCUT2D eigenvalue weighted by atomic mass is 9.90. The van der Waals surface area contributed by atoms with Crippen LogP contribution in [0, 0.1) is 0 Å². The second kappa shape index (κ2) is 14.5. The number of carbonyl (C=O) groups is 2. The summed E-state index contributed by atoms with van der Waals surface area (Å²) in [5.41, 5.74) is -0.933. The number of benzene rings is 3. The Kier molecular flexibility index (Phi) is 10.4. The van der Waals surface area contributed by atoms with Crippen LogP contribution >= 0.6 is 0 Å². The summed E-state index contributed by atoms with van der Waals surface area (Å²) in [6.07, 6.45) is -6.51. The quantitative estimate of drug-likeness (QED) is 0.252. The Labute approximate surface area is 282 Å². The number of carbonyl (C=O) groups excluding carboxylic acids is 2. The third kappa shape index (κ3) is 8.29. The Hall–Kier alpha value is -3.90. The summed E-state index contributed by atoms with van der Waals surface area (Å²) in [4.78, 5) is 35.0. The van der Waals surface area contributed by atoms with Crippen molar-refractivity contribution in [3.05, 3.63) is 106 Å². The van der Waals surface area contributed by atoms with Crippen molar-refractivity contribution in [1.29, 1.82) is 0 Å². The van der Waals surface area contributed by atoms with E-state index in [9.17, 15) is 35.9 Å². The van der Waals surface area contributed by atoms with E-state index in [-0.39, 0.29) is 24.6 Å². The molecule has 0 saturated carbocycles. The van der Waals surface area contributed by atoms with Crippen LogP contribution in [0.25, 0.3) is 0 Å². The largest absolute Gasteiger partial charge is 0.416 e. The molecule has 262 valence electrons. The number of alkyl halides is 6. The molecule has 3 aliphatic heterocycles. The van der Waals surface area contributed by atoms with Crippen molar-refractivity contribution in [3.63, 3.8) is 0 Å². The molecule has 12 heteroatoms. The molecular formula is C37H40F6N4O2. The molecule has 3 heterocycles. The average Bonchev–Trinajstić information content (AvgIpc) is 3.63. The maximum atomic E-state index is 13.8. The molecule has 0 aliphatic carbocycles. The summed E-state index contributed by atoms with van der Waals surface area (Å²) in [6.45, 7) is 5.53. The van der Waals surface area contributed by atoms with Gasteiger partial charge >= 0.3 is 12.4 Å². The van der Waals surface area contributed by atoms with Gasteiger partial charge in [0.25, 0.3) is 11.8 Å². The van der Waals surface area contributed by atoms with Crippen molar-refractivity contribution in [2.45, 2.75) is 63.1 Å². The van der Waals surface area contributed by atoms with E-state index in [1.54, 1.807) is 0 Å². The van der Waals surface area contributed by atoms with Gasteiger partial charge in [-0.05, 0) is 67.5 Å². The fourth-order valence-electron chi connectivity index (χ4n) is 7.44. The maximum absolute atomic E-state index is 13.8. The maximum Gasteiger partial charge on any atom is 0.416 e. The molecule has 2 amide bonds. The van der Waals surface area contributed by atoms with Gasteiger partial charge in [-0.25, -0.2) is 0 Å². The molecule has 3 aliphatic rings. The molecule has 49 heavy (non-hydrogen) atoms. The fraction of sp³-hybridized carbons (Fsp3) is 0.459. The van der Waals surface area contributed by atoms with E-state index in [0.29, 0.717) is 37.9 Å². The topological polar surface area (TPSA) is 47.1 Å². The van der Waals surface area contributed by atoms with Crippen LogP contribution in [0.4, 0.5) is 26.3 Å². The highest BCUT2D eigenvalue weighted by Crippen LogP contribution is 2.37. The third-order valence-electron chi connectivity index (χ3n) is 10.1. The van der Waals surface area contributed by atoms with Gasteiger partial charge in [-0.2, -0.15) is 26.3 Å². The minimum Gasteiger partial charge on any atom is -0.339 e. The first-order valence-corrected chi connectivity index (χ1v) is 16.8. The molecule has 6 nitrogen and oxygen atoms in total. The van der Waals surface area contributed by atoms with Gasteiger partial charge in [-0.3, -0.25) is 19.4 Å². The molecule has 3 aromatic carbocycles. The molecule has 3 fully saturated rings. The van der Waals surface area contributed by atoms with E-state index in [1.807, 2.05) is 59.5 Å². The number of amides is 2. The molecule has 3 aromatic rings. The number of nitrogens with zero attached hydrogens (tertiary/aromatic N) is 4. The van der Waals surface area contributed by atoms with Gasteiger partial charge in [-0.15, -0.1) is 0 Å². The van der Waals surface area contributed by atoms with Crippen LogP contribution in [0.5, 0.6) is 0 Å². The van der Waals surface area contributed by atoms with E-state index < -0.39 is 41.0 Å². The summed E-state index contributed by atoms with van der Waals surface area (Å²) in [5.74, 6) is -0.750. The molecule has 0 spiro atoms. The predicted octanol–water partition coefficient (Wildman–Crippen LogP) is 6.99. The van der Waals surface area contributed by atoms with Crippen molar-refractivity contribution in [2.24, 2.45) is 0 Å².